The standard InChI is InChI=1S/C14H15IN2OS/c1-8-14(2,3)19-13-10(12(18)17(8)13)11(15)9-6-4-5-7-16-9/h4-8,13H,1-3H3/b11-10+/t8-,13?/m0/s1. The lowest BCUT2D eigenvalue weighted by molar-refractivity contribution is -0.135. The molecule has 0 saturated carbocycles. The Labute approximate surface area is 131 Å². The molecule has 0 bridgehead atoms. The maximum absolute atomic E-state index is 12.4. The average molecular weight is 386 g/mol. The predicted molar refractivity (Wildman–Crippen MR) is 86.9 cm³/mol. The summed E-state index contributed by atoms with van der Waals surface area (Å²) in [6, 6.07) is 6.09. The molecule has 1 aromatic heterocycles. The molecule has 0 spiro atoms. The highest BCUT2D eigenvalue weighted by Crippen LogP contribution is 2.54. The van der Waals surface area contributed by atoms with E-state index in [-0.39, 0.29) is 22.1 Å². The Bertz CT molecular complexity index is 570. The minimum atomic E-state index is 0.114. The maximum Gasteiger partial charge on any atom is 0.255 e. The lowest BCUT2D eigenvalue weighted by Crippen LogP contribution is -2.54. The third-order valence-corrected chi connectivity index (χ3v) is 6.70. The van der Waals surface area contributed by atoms with Gasteiger partial charge in [0.15, 0.2) is 0 Å². The van der Waals surface area contributed by atoms with Gasteiger partial charge in [0.25, 0.3) is 5.91 Å². The Kier molecular flexibility index (Phi) is 3.16. The Morgan fingerprint density at radius 2 is 2.21 bits per heavy atom. The molecule has 1 aromatic rings. The fourth-order valence-electron chi connectivity index (χ4n) is 2.47. The summed E-state index contributed by atoms with van der Waals surface area (Å²) in [5.74, 6) is 0.172. The SMILES string of the molecule is C[C@@H]1N2C(=O)/C(=C(\I)c3ccccn3)C2SC1(C)C. The number of carbonyl (C=O) groups excluding carboxylic acids is 1. The molecule has 1 unspecified atom stereocenters. The molecule has 0 N–H and O–H groups in total. The van der Waals surface area contributed by atoms with Crippen LogP contribution in [0.15, 0.2) is 30.0 Å². The van der Waals surface area contributed by atoms with Crippen molar-refractivity contribution in [3.63, 3.8) is 0 Å². The van der Waals surface area contributed by atoms with Crippen LogP contribution in [0.4, 0.5) is 0 Å². The number of rotatable bonds is 1. The zero-order chi connectivity index (χ0) is 13.8. The minimum absolute atomic E-state index is 0.114. The van der Waals surface area contributed by atoms with Gasteiger partial charge < -0.3 is 4.90 Å². The van der Waals surface area contributed by atoms with Gasteiger partial charge in [-0.05, 0) is 55.5 Å². The van der Waals surface area contributed by atoms with Crippen molar-refractivity contribution in [1.29, 1.82) is 0 Å². The molecular formula is C14H15IN2OS. The fraction of sp³-hybridized carbons (Fsp3) is 0.429. The van der Waals surface area contributed by atoms with E-state index in [1.54, 1.807) is 6.20 Å². The summed E-state index contributed by atoms with van der Waals surface area (Å²) < 4.78 is 1.10. The number of thioether (sulfide) groups is 1. The van der Waals surface area contributed by atoms with E-state index in [9.17, 15) is 4.79 Å². The number of nitrogens with zero attached hydrogens (tertiary/aromatic N) is 2. The zero-order valence-electron chi connectivity index (χ0n) is 11.1. The van der Waals surface area contributed by atoms with Crippen molar-refractivity contribution >= 4 is 43.8 Å². The number of amides is 1. The Hall–Kier alpha value is -0.560. The van der Waals surface area contributed by atoms with Crippen LogP contribution in [0, 0.1) is 0 Å². The number of halogens is 1. The summed E-state index contributed by atoms with van der Waals surface area (Å²) in [4.78, 5) is 18.7. The molecule has 100 valence electrons. The molecule has 19 heavy (non-hydrogen) atoms. The lowest BCUT2D eigenvalue weighted by atomic mass is 9.96. The number of fused-ring (bicyclic) bond motifs is 1. The van der Waals surface area contributed by atoms with Gasteiger partial charge in [0.2, 0.25) is 0 Å². The van der Waals surface area contributed by atoms with E-state index in [1.807, 2.05) is 34.9 Å². The van der Waals surface area contributed by atoms with Crippen LogP contribution in [0.1, 0.15) is 26.5 Å². The fourth-order valence-corrected chi connectivity index (χ4v) is 5.14. The molecule has 0 radical (unpaired) electrons. The van der Waals surface area contributed by atoms with Crippen LogP contribution in [0.3, 0.4) is 0 Å². The van der Waals surface area contributed by atoms with Crippen LogP contribution in [0.25, 0.3) is 3.58 Å². The van der Waals surface area contributed by atoms with Crippen LogP contribution in [-0.2, 0) is 4.79 Å². The molecule has 2 aliphatic heterocycles. The van der Waals surface area contributed by atoms with Crippen molar-refractivity contribution < 1.29 is 4.79 Å². The first-order valence-electron chi connectivity index (χ1n) is 6.25. The van der Waals surface area contributed by atoms with Crippen molar-refractivity contribution in [2.75, 3.05) is 0 Å². The van der Waals surface area contributed by atoms with E-state index < -0.39 is 0 Å². The first-order chi connectivity index (χ1) is 8.93. The van der Waals surface area contributed by atoms with Crippen LogP contribution in [0.2, 0.25) is 0 Å². The second-order valence-corrected chi connectivity index (χ2v) is 8.22. The van der Waals surface area contributed by atoms with Gasteiger partial charge in [-0.2, -0.15) is 0 Å². The number of hydrogen-bond acceptors (Lipinski definition) is 3. The second-order valence-electron chi connectivity index (χ2n) is 5.40. The molecule has 2 saturated heterocycles. The molecule has 5 heteroatoms. The van der Waals surface area contributed by atoms with Gasteiger partial charge in [-0.25, -0.2) is 0 Å². The highest BCUT2D eigenvalue weighted by Gasteiger charge is 2.57. The largest absolute Gasteiger partial charge is 0.318 e. The number of β-lactam (4-membered cyclic amide) rings is 1. The minimum Gasteiger partial charge on any atom is -0.318 e. The van der Waals surface area contributed by atoms with Gasteiger partial charge in [-0.3, -0.25) is 9.78 Å². The molecule has 3 heterocycles. The van der Waals surface area contributed by atoms with Gasteiger partial charge in [0.1, 0.15) is 5.37 Å². The van der Waals surface area contributed by atoms with Crippen molar-refractivity contribution in [3.8, 4) is 0 Å². The summed E-state index contributed by atoms with van der Waals surface area (Å²) in [7, 11) is 0. The third-order valence-electron chi connectivity index (χ3n) is 3.93. The van der Waals surface area contributed by atoms with Gasteiger partial charge in [0, 0.05) is 17.0 Å². The number of hydrogen-bond donors (Lipinski definition) is 0. The van der Waals surface area contributed by atoms with E-state index >= 15 is 0 Å². The molecule has 3 nitrogen and oxygen atoms in total. The molecular weight excluding hydrogens is 371 g/mol. The maximum atomic E-state index is 12.4. The van der Waals surface area contributed by atoms with E-state index in [0.29, 0.717) is 0 Å². The smallest absolute Gasteiger partial charge is 0.255 e. The van der Waals surface area contributed by atoms with Gasteiger partial charge in [0.05, 0.1) is 14.8 Å². The zero-order valence-corrected chi connectivity index (χ0v) is 14.0. The molecule has 2 fully saturated rings. The molecule has 3 rings (SSSR count). The van der Waals surface area contributed by atoms with E-state index in [1.165, 1.54) is 0 Å². The highest BCUT2D eigenvalue weighted by atomic mass is 127. The van der Waals surface area contributed by atoms with E-state index in [2.05, 4.69) is 48.3 Å². The third kappa shape index (κ3) is 1.93. The molecule has 1 amide bonds. The van der Waals surface area contributed by atoms with Crippen LogP contribution < -0.4 is 0 Å². The summed E-state index contributed by atoms with van der Waals surface area (Å²) in [5, 5.41) is 0.200. The summed E-state index contributed by atoms with van der Waals surface area (Å²) in [5.41, 5.74) is 1.81. The Balaban J connectivity index is 1.99. The van der Waals surface area contributed by atoms with Crippen LogP contribution in [-0.4, -0.2) is 32.0 Å². The van der Waals surface area contributed by atoms with E-state index in [0.717, 1.165) is 14.8 Å². The van der Waals surface area contributed by atoms with Crippen LogP contribution in [0.5, 0.6) is 0 Å². The summed E-state index contributed by atoms with van der Waals surface area (Å²) in [6.07, 6.45) is 1.77. The first-order valence-corrected chi connectivity index (χ1v) is 8.21. The van der Waals surface area contributed by atoms with Gasteiger partial charge >= 0.3 is 0 Å². The topological polar surface area (TPSA) is 33.2 Å². The van der Waals surface area contributed by atoms with Crippen molar-refractivity contribution in [1.82, 2.24) is 9.88 Å². The lowest BCUT2D eigenvalue weighted by Gasteiger charge is -2.40. The van der Waals surface area contributed by atoms with Crippen LogP contribution >= 0.6 is 34.4 Å². The molecule has 2 atom stereocenters. The first kappa shape index (κ1) is 13.4. The average Bonchev–Trinajstić information content (AvgIpc) is 2.58. The van der Waals surface area contributed by atoms with E-state index in [4.69, 9.17) is 0 Å². The molecule has 0 aromatic carbocycles. The Morgan fingerprint density at radius 1 is 1.47 bits per heavy atom. The summed E-state index contributed by atoms with van der Waals surface area (Å²) >= 11 is 4.13. The predicted octanol–water partition coefficient (Wildman–Crippen LogP) is 3.31. The van der Waals surface area contributed by atoms with Gasteiger partial charge in [-0.1, -0.05) is 6.07 Å². The van der Waals surface area contributed by atoms with Crippen molar-refractivity contribution in [2.45, 2.75) is 36.9 Å². The monoisotopic (exact) mass is 386 g/mol. The Morgan fingerprint density at radius 3 is 2.84 bits per heavy atom. The number of carbonyl (C=O) groups is 1. The number of pyridine rings is 1. The van der Waals surface area contributed by atoms with Crippen molar-refractivity contribution in [3.05, 3.63) is 35.7 Å². The van der Waals surface area contributed by atoms with Crippen molar-refractivity contribution in [2.24, 2.45) is 0 Å². The molecule has 2 aliphatic rings. The quantitative estimate of drug-likeness (QED) is 0.422. The highest BCUT2D eigenvalue weighted by molar-refractivity contribution is 14.1. The summed E-state index contributed by atoms with van der Waals surface area (Å²) in [6.45, 7) is 6.55. The normalized spacial score (nSPS) is 30.9. The second kappa shape index (κ2) is 4.48. The molecule has 0 aliphatic carbocycles. The number of aromatic nitrogens is 1. The van der Waals surface area contributed by atoms with Gasteiger partial charge in [-0.15, -0.1) is 11.8 Å².